The number of nitrogens with one attached hydrogen (secondary N) is 1. The lowest BCUT2D eigenvalue weighted by molar-refractivity contribution is -0.140. The van der Waals surface area contributed by atoms with Crippen molar-refractivity contribution in [2.24, 2.45) is 5.10 Å². The zero-order valence-electron chi connectivity index (χ0n) is 21.0. The second-order valence-electron chi connectivity index (χ2n) is 9.46. The minimum absolute atomic E-state index is 0.377. The minimum atomic E-state index is -1.25. The fraction of sp³-hybridized carbons (Fsp3) is 0.241. The molecule has 2 aliphatic rings. The van der Waals surface area contributed by atoms with Crippen LogP contribution in [0.1, 0.15) is 41.6 Å². The van der Waals surface area contributed by atoms with Crippen LogP contribution in [0.15, 0.2) is 84.0 Å². The van der Waals surface area contributed by atoms with Crippen LogP contribution < -0.4 is 10.1 Å². The standard InChI is InChI=1S/C29H28N4O4/c1-19-9-13-22(14-10-19)29(2)27(35)32(28(36)30-29)18-26(34)33-25(21-11-15-23(37-3)16-12-21)17-24(31-33)20-7-5-4-6-8-20/h4-16,25H,17-18H2,1-3H3,(H,30,36)/t25-,29-/m0/s1. The predicted molar refractivity (Wildman–Crippen MR) is 139 cm³/mol. The molecular formula is C29H28N4O4. The highest BCUT2D eigenvalue weighted by molar-refractivity contribution is 6.09. The number of benzene rings is 3. The summed E-state index contributed by atoms with van der Waals surface area (Å²) in [5.41, 5.74) is 3.01. The van der Waals surface area contributed by atoms with Gasteiger partial charge in [0.25, 0.3) is 11.8 Å². The maximum absolute atomic E-state index is 13.6. The Morgan fingerprint density at radius 3 is 2.35 bits per heavy atom. The van der Waals surface area contributed by atoms with Crippen molar-refractivity contribution in [1.82, 2.24) is 15.2 Å². The highest BCUT2D eigenvalue weighted by atomic mass is 16.5. The summed E-state index contributed by atoms with van der Waals surface area (Å²) in [7, 11) is 1.60. The summed E-state index contributed by atoms with van der Waals surface area (Å²) in [6.45, 7) is 3.19. The number of nitrogens with zero attached hydrogens (tertiary/aromatic N) is 3. The van der Waals surface area contributed by atoms with E-state index in [1.807, 2.05) is 85.8 Å². The molecule has 0 unspecified atom stereocenters. The summed E-state index contributed by atoms with van der Waals surface area (Å²) in [5.74, 6) is -0.205. The molecule has 0 radical (unpaired) electrons. The first-order chi connectivity index (χ1) is 17.8. The lowest BCUT2D eigenvalue weighted by Crippen LogP contribution is -2.43. The molecule has 1 saturated heterocycles. The topological polar surface area (TPSA) is 91.3 Å². The normalized spacial score (nSPS) is 21.2. The fourth-order valence-corrected chi connectivity index (χ4v) is 4.76. The van der Waals surface area contributed by atoms with Crippen molar-refractivity contribution in [3.63, 3.8) is 0 Å². The first kappa shape index (κ1) is 24.2. The lowest BCUT2D eigenvalue weighted by atomic mass is 9.91. The van der Waals surface area contributed by atoms with Gasteiger partial charge in [-0.2, -0.15) is 5.10 Å². The van der Waals surface area contributed by atoms with Crippen LogP contribution in [0.4, 0.5) is 4.79 Å². The van der Waals surface area contributed by atoms with Crippen molar-refractivity contribution in [2.45, 2.75) is 31.8 Å². The Kier molecular flexibility index (Phi) is 6.25. The molecule has 3 aromatic carbocycles. The third kappa shape index (κ3) is 4.46. The van der Waals surface area contributed by atoms with Crippen molar-refractivity contribution in [1.29, 1.82) is 0 Å². The smallest absolute Gasteiger partial charge is 0.325 e. The number of imide groups is 1. The third-order valence-electron chi connectivity index (χ3n) is 6.97. The van der Waals surface area contributed by atoms with Gasteiger partial charge < -0.3 is 10.1 Å². The van der Waals surface area contributed by atoms with Gasteiger partial charge in [0.1, 0.15) is 17.8 Å². The SMILES string of the molecule is COc1ccc([C@@H]2CC(c3ccccc3)=NN2C(=O)CN2C(=O)N[C@@](C)(c3ccc(C)cc3)C2=O)cc1. The maximum Gasteiger partial charge on any atom is 0.325 e. The van der Waals surface area contributed by atoms with Crippen molar-refractivity contribution in [3.05, 3.63) is 101 Å². The van der Waals surface area contributed by atoms with Crippen LogP contribution in [0.3, 0.4) is 0 Å². The van der Waals surface area contributed by atoms with E-state index in [0.29, 0.717) is 17.7 Å². The number of hydrazone groups is 1. The molecule has 8 nitrogen and oxygen atoms in total. The Morgan fingerprint density at radius 2 is 1.70 bits per heavy atom. The number of hydrogen-bond acceptors (Lipinski definition) is 5. The molecule has 0 bridgehead atoms. The van der Waals surface area contributed by atoms with Gasteiger partial charge in [0.15, 0.2) is 0 Å². The molecule has 8 heteroatoms. The summed E-state index contributed by atoms with van der Waals surface area (Å²) in [6.07, 6.45) is 0.503. The number of carbonyl (C=O) groups is 3. The molecule has 2 heterocycles. The van der Waals surface area contributed by atoms with Crippen molar-refractivity contribution < 1.29 is 19.1 Å². The number of amides is 4. The van der Waals surface area contributed by atoms with E-state index in [2.05, 4.69) is 10.4 Å². The minimum Gasteiger partial charge on any atom is -0.497 e. The zero-order valence-corrected chi connectivity index (χ0v) is 21.0. The van der Waals surface area contributed by atoms with E-state index in [1.165, 1.54) is 5.01 Å². The number of ether oxygens (including phenoxy) is 1. The molecule has 188 valence electrons. The second kappa shape index (κ2) is 9.54. The zero-order chi connectivity index (χ0) is 26.2. The molecular weight excluding hydrogens is 468 g/mol. The average molecular weight is 497 g/mol. The Labute approximate surface area is 215 Å². The average Bonchev–Trinajstić information content (AvgIpc) is 3.46. The van der Waals surface area contributed by atoms with Crippen molar-refractivity contribution in [2.75, 3.05) is 13.7 Å². The van der Waals surface area contributed by atoms with E-state index in [4.69, 9.17) is 4.74 Å². The monoisotopic (exact) mass is 496 g/mol. The Hall–Kier alpha value is -4.46. The third-order valence-corrected chi connectivity index (χ3v) is 6.97. The van der Waals surface area contributed by atoms with E-state index < -0.39 is 29.9 Å². The molecule has 0 aliphatic carbocycles. The summed E-state index contributed by atoms with van der Waals surface area (Å²) >= 11 is 0. The van der Waals surface area contributed by atoms with Crippen LogP contribution in [-0.2, 0) is 15.1 Å². The second-order valence-corrected chi connectivity index (χ2v) is 9.46. The number of aryl methyl sites for hydroxylation is 1. The van der Waals surface area contributed by atoms with Crippen molar-refractivity contribution >= 4 is 23.6 Å². The quantitative estimate of drug-likeness (QED) is 0.519. The van der Waals surface area contributed by atoms with Gasteiger partial charge in [-0.15, -0.1) is 0 Å². The molecule has 0 aromatic heterocycles. The van der Waals surface area contributed by atoms with Gasteiger partial charge in [-0.05, 0) is 42.7 Å². The number of hydrogen-bond donors (Lipinski definition) is 1. The molecule has 37 heavy (non-hydrogen) atoms. The van der Waals surface area contributed by atoms with Gasteiger partial charge in [-0.1, -0.05) is 72.3 Å². The Balaban J connectivity index is 1.42. The molecule has 5 rings (SSSR count). The van der Waals surface area contributed by atoms with Crippen LogP contribution >= 0.6 is 0 Å². The van der Waals surface area contributed by atoms with Gasteiger partial charge in [-0.25, -0.2) is 9.80 Å². The molecule has 1 fully saturated rings. The lowest BCUT2D eigenvalue weighted by Gasteiger charge is -2.25. The van der Waals surface area contributed by atoms with E-state index >= 15 is 0 Å². The molecule has 2 aliphatic heterocycles. The van der Waals surface area contributed by atoms with E-state index in [-0.39, 0.29) is 6.04 Å². The predicted octanol–water partition coefficient (Wildman–Crippen LogP) is 4.15. The number of methoxy groups -OCH3 is 1. The van der Waals surface area contributed by atoms with Crippen LogP contribution in [0, 0.1) is 6.92 Å². The van der Waals surface area contributed by atoms with Gasteiger partial charge in [0, 0.05) is 6.42 Å². The van der Waals surface area contributed by atoms with E-state index in [1.54, 1.807) is 14.0 Å². The van der Waals surface area contributed by atoms with E-state index in [0.717, 1.165) is 27.3 Å². The summed E-state index contributed by atoms with van der Waals surface area (Å²) < 4.78 is 5.27. The highest BCUT2D eigenvalue weighted by Crippen LogP contribution is 2.35. The highest BCUT2D eigenvalue weighted by Gasteiger charge is 2.50. The van der Waals surface area contributed by atoms with Crippen LogP contribution in [0.5, 0.6) is 5.75 Å². The number of rotatable bonds is 6. The summed E-state index contributed by atoms with van der Waals surface area (Å²) in [5, 5.41) is 8.82. The Bertz CT molecular complexity index is 1370. The van der Waals surface area contributed by atoms with E-state index in [9.17, 15) is 14.4 Å². The van der Waals surface area contributed by atoms with Gasteiger partial charge in [0.2, 0.25) is 0 Å². The number of urea groups is 1. The largest absolute Gasteiger partial charge is 0.497 e. The molecule has 1 N–H and O–H groups in total. The van der Waals surface area contributed by atoms with Gasteiger partial charge in [-0.3, -0.25) is 14.5 Å². The van der Waals surface area contributed by atoms with Crippen LogP contribution in [0.2, 0.25) is 0 Å². The summed E-state index contributed by atoms with van der Waals surface area (Å²) in [4.78, 5) is 40.8. The number of carbonyl (C=O) groups excluding carboxylic acids is 3. The van der Waals surface area contributed by atoms with Crippen molar-refractivity contribution in [3.8, 4) is 5.75 Å². The fourth-order valence-electron chi connectivity index (χ4n) is 4.76. The summed E-state index contributed by atoms with van der Waals surface area (Å²) in [6, 6.07) is 23.5. The molecule has 0 spiro atoms. The molecule has 4 amide bonds. The first-order valence-electron chi connectivity index (χ1n) is 12.1. The van der Waals surface area contributed by atoms with Crippen LogP contribution in [0.25, 0.3) is 0 Å². The molecule has 0 saturated carbocycles. The van der Waals surface area contributed by atoms with Crippen LogP contribution in [-0.4, -0.2) is 47.1 Å². The molecule has 2 atom stereocenters. The first-order valence-corrected chi connectivity index (χ1v) is 12.1. The molecule has 3 aromatic rings. The van der Waals surface area contributed by atoms with Gasteiger partial charge in [0.05, 0.1) is 18.9 Å². The van der Waals surface area contributed by atoms with Gasteiger partial charge >= 0.3 is 6.03 Å². The maximum atomic E-state index is 13.6. The Morgan fingerprint density at radius 1 is 1.03 bits per heavy atom.